The Kier molecular flexibility index (Phi) is 12.4. The summed E-state index contributed by atoms with van der Waals surface area (Å²) < 4.78 is 11.5. The smallest absolute Gasteiger partial charge is 0.255 e. The summed E-state index contributed by atoms with van der Waals surface area (Å²) in [6.45, 7) is 2.12. The number of aromatic nitrogens is 2. The summed E-state index contributed by atoms with van der Waals surface area (Å²) >= 11 is 0. The molecule has 256 valence electrons. The lowest BCUT2D eigenvalue weighted by atomic mass is 10.2. The zero-order chi connectivity index (χ0) is 35.8. The van der Waals surface area contributed by atoms with Crippen molar-refractivity contribution in [3.8, 4) is 23.0 Å². The first-order valence-electron chi connectivity index (χ1n) is 16.0. The van der Waals surface area contributed by atoms with Crippen molar-refractivity contribution < 1.29 is 23.9 Å². The maximum atomic E-state index is 12.4. The predicted molar refractivity (Wildman–Crippen MR) is 195 cm³/mol. The minimum atomic E-state index is -0.309. The number of rotatable bonds is 11. The highest BCUT2D eigenvalue weighted by atomic mass is 16.5. The van der Waals surface area contributed by atoms with Crippen LogP contribution in [0.3, 0.4) is 0 Å². The molecule has 11 nitrogen and oxygen atoms in total. The van der Waals surface area contributed by atoms with Gasteiger partial charge in [0.25, 0.3) is 11.8 Å². The van der Waals surface area contributed by atoms with Gasteiger partial charge in [-0.05, 0) is 83.9 Å². The molecular weight excluding hydrogens is 644 g/mol. The Morgan fingerprint density at radius 1 is 0.549 bits per heavy atom. The topological polar surface area (TPSA) is 158 Å². The van der Waals surface area contributed by atoms with Crippen LogP contribution in [0.25, 0.3) is 0 Å². The Balaban J connectivity index is 0.000000199. The number of hydrogen-bond donors (Lipinski definition) is 4. The van der Waals surface area contributed by atoms with E-state index in [1.807, 2.05) is 109 Å². The van der Waals surface area contributed by atoms with Crippen molar-refractivity contribution in [2.75, 3.05) is 11.1 Å². The second-order valence-electron chi connectivity index (χ2n) is 11.0. The minimum Gasteiger partial charge on any atom is -0.457 e. The lowest BCUT2D eigenvalue weighted by Crippen LogP contribution is -2.24. The number of benzene rings is 4. The van der Waals surface area contributed by atoms with E-state index in [0.29, 0.717) is 24.2 Å². The largest absolute Gasteiger partial charge is 0.457 e. The van der Waals surface area contributed by atoms with Crippen LogP contribution in [0, 0.1) is 0 Å². The highest BCUT2D eigenvalue weighted by molar-refractivity contribution is 6.02. The fourth-order valence-electron chi connectivity index (χ4n) is 4.62. The van der Waals surface area contributed by atoms with E-state index in [-0.39, 0.29) is 29.4 Å². The number of nitrogens with one attached hydrogen (secondary N) is 3. The van der Waals surface area contributed by atoms with Crippen LogP contribution in [0.5, 0.6) is 23.0 Å². The first-order chi connectivity index (χ1) is 24.8. The van der Waals surface area contributed by atoms with Gasteiger partial charge in [0.05, 0.1) is 11.1 Å². The van der Waals surface area contributed by atoms with E-state index in [0.717, 1.165) is 34.1 Å². The lowest BCUT2D eigenvalue weighted by Gasteiger charge is -2.10. The van der Waals surface area contributed by atoms with Gasteiger partial charge in [-0.1, -0.05) is 60.7 Å². The van der Waals surface area contributed by atoms with Gasteiger partial charge in [-0.15, -0.1) is 0 Å². The molecule has 6 rings (SSSR count). The molecule has 0 saturated heterocycles. The third-order valence-electron chi connectivity index (χ3n) is 7.14. The summed E-state index contributed by atoms with van der Waals surface area (Å²) in [4.78, 5) is 43.7. The Bertz CT molecular complexity index is 2040. The van der Waals surface area contributed by atoms with E-state index in [1.165, 1.54) is 13.1 Å². The first-order valence-corrected chi connectivity index (χ1v) is 16.0. The van der Waals surface area contributed by atoms with Gasteiger partial charge in [-0.25, -0.2) is 9.97 Å². The van der Waals surface area contributed by atoms with Gasteiger partial charge in [0.15, 0.2) is 0 Å². The molecule has 0 spiro atoms. The monoisotopic (exact) mass is 680 g/mol. The Morgan fingerprint density at radius 2 is 0.980 bits per heavy atom. The lowest BCUT2D eigenvalue weighted by molar-refractivity contribution is -0.114. The summed E-state index contributed by atoms with van der Waals surface area (Å²) in [7, 11) is 0. The van der Waals surface area contributed by atoms with Gasteiger partial charge in [0.1, 0.15) is 34.6 Å². The van der Waals surface area contributed by atoms with Crippen LogP contribution in [-0.4, -0.2) is 27.7 Å². The van der Waals surface area contributed by atoms with Crippen molar-refractivity contribution >= 4 is 29.4 Å². The molecule has 5 N–H and O–H groups in total. The summed E-state index contributed by atoms with van der Waals surface area (Å²) in [5, 5.41) is 8.21. The highest BCUT2D eigenvalue weighted by Crippen LogP contribution is 2.22. The average Bonchev–Trinajstić information content (AvgIpc) is 3.15. The SMILES string of the molecule is CC(=O)Nc1ncccc1C(=O)NCc1ccc(Oc2ccccc2)cc1.Nc1ncccc1C(=O)NCc1ccc(Oc2ccccc2)cc1. The van der Waals surface area contributed by atoms with Gasteiger partial charge in [-0.2, -0.15) is 0 Å². The fourth-order valence-corrected chi connectivity index (χ4v) is 4.62. The van der Waals surface area contributed by atoms with Crippen molar-refractivity contribution in [1.29, 1.82) is 0 Å². The van der Waals surface area contributed by atoms with E-state index in [9.17, 15) is 14.4 Å². The molecule has 0 saturated carbocycles. The van der Waals surface area contributed by atoms with Gasteiger partial charge < -0.3 is 31.2 Å². The van der Waals surface area contributed by atoms with E-state index in [1.54, 1.807) is 30.5 Å². The quantitative estimate of drug-likeness (QED) is 0.112. The Labute approximate surface area is 295 Å². The Morgan fingerprint density at radius 3 is 1.45 bits per heavy atom. The summed E-state index contributed by atoms with van der Waals surface area (Å²) in [6.07, 6.45) is 3.07. The second-order valence-corrected chi connectivity index (χ2v) is 11.0. The number of pyridine rings is 2. The minimum absolute atomic E-state index is 0.224. The maximum Gasteiger partial charge on any atom is 0.255 e. The number of hydrogen-bond acceptors (Lipinski definition) is 8. The van der Waals surface area contributed by atoms with Crippen LogP contribution >= 0.6 is 0 Å². The molecule has 0 fully saturated rings. The van der Waals surface area contributed by atoms with Crippen LogP contribution in [0.4, 0.5) is 11.6 Å². The normalized spacial score (nSPS) is 10.1. The highest BCUT2D eigenvalue weighted by Gasteiger charge is 2.13. The fraction of sp³-hybridized carbons (Fsp3) is 0.0750. The molecule has 11 heteroatoms. The second kappa shape index (κ2) is 17.9. The molecule has 0 radical (unpaired) electrons. The van der Waals surface area contributed by atoms with Crippen molar-refractivity contribution in [1.82, 2.24) is 20.6 Å². The molecule has 0 bridgehead atoms. The number of para-hydroxylation sites is 2. The predicted octanol–water partition coefficient (Wildman–Crippen LogP) is 7.15. The number of carbonyl (C=O) groups is 3. The van der Waals surface area contributed by atoms with E-state index in [4.69, 9.17) is 15.2 Å². The molecule has 4 aromatic carbocycles. The number of carbonyl (C=O) groups excluding carboxylic acids is 3. The molecule has 2 heterocycles. The first kappa shape index (κ1) is 35.3. The van der Waals surface area contributed by atoms with Crippen molar-refractivity contribution in [3.63, 3.8) is 0 Å². The van der Waals surface area contributed by atoms with Crippen LogP contribution in [0.1, 0.15) is 38.8 Å². The van der Waals surface area contributed by atoms with Gasteiger partial charge in [0.2, 0.25) is 5.91 Å². The standard InChI is InChI=1S/C21H19N3O3.C19H17N3O2/c1-15(25)24-20-19(8-5-13-22-20)21(26)23-14-16-9-11-18(12-10-16)27-17-6-3-2-4-7-17;20-18-17(7-4-12-21-18)19(23)22-13-14-8-10-16(11-9-14)24-15-5-2-1-3-6-15/h2-13H,14H2,1H3,(H,23,26)(H,22,24,25);1-12H,13H2,(H2,20,21)(H,22,23). The van der Waals surface area contributed by atoms with Gasteiger partial charge >= 0.3 is 0 Å². The van der Waals surface area contributed by atoms with Crippen LogP contribution in [0.2, 0.25) is 0 Å². The molecule has 0 unspecified atom stereocenters. The zero-order valence-electron chi connectivity index (χ0n) is 27.8. The zero-order valence-corrected chi connectivity index (χ0v) is 27.8. The third kappa shape index (κ3) is 11.0. The number of ether oxygens (including phenoxy) is 2. The van der Waals surface area contributed by atoms with Crippen LogP contribution in [0.15, 0.2) is 146 Å². The number of nitrogens with zero attached hydrogens (tertiary/aromatic N) is 2. The molecule has 0 aliphatic heterocycles. The van der Waals surface area contributed by atoms with Gasteiger partial charge in [0, 0.05) is 32.4 Å². The van der Waals surface area contributed by atoms with Crippen molar-refractivity contribution in [2.24, 2.45) is 0 Å². The number of nitrogen functional groups attached to an aromatic ring is 1. The molecule has 3 amide bonds. The molecule has 2 aromatic heterocycles. The van der Waals surface area contributed by atoms with E-state index < -0.39 is 0 Å². The van der Waals surface area contributed by atoms with Crippen molar-refractivity contribution in [3.05, 3.63) is 168 Å². The molecular formula is C40H36N6O5. The molecule has 0 aliphatic rings. The number of amides is 3. The van der Waals surface area contributed by atoms with E-state index >= 15 is 0 Å². The van der Waals surface area contributed by atoms with Crippen LogP contribution in [-0.2, 0) is 17.9 Å². The molecule has 0 aliphatic carbocycles. The molecule has 51 heavy (non-hydrogen) atoms. The summed E-state index contributed by atoms with van der Waals surface area (Å²) in [5.41, 5.74) is 8.28. The van der Waals surface area contributed by atoms with Crippen LogP contribution < -0.4 is 31.2 Å². The molecule has 6 aromatic rings. The maximum absolute atomic E-state index is 12.4. The van der Waals surface area contributed by atoms with E-state index in [2.05, 4.69) is 25.9 Å². The average molecular weight is 681 g/mol. The third-order valence-corrected chi connectivity index (χ3v) is 7.14. The van der Waals surface area contributed by atoms with Crippen molar-refractivity contribution in [2.45, 2.75) is 20.0 Å². The summed E-state index contributed by atoms with van der Waals surface area (Å²) in [6, 6.07) is 40.7. The molecule has 0 atom stereocenters. The summed E-state index contributed by atoms with van der Waals surface area (Å²) in [5.74, 6) is 2.64. The number of anilines is 2. The van der Waals surface area contributed by atoms with Gasteiger partial charge in [-0.3, -0.25) is 14.4 Å². The number of nitrogens with two attached hydrogens (primary N) is 1. The Hall–Kier alpha value is -7.01.